The number of hydrogen-bond donors (Lipinski definition) is 3. The Balaban J connectivity index is 0.000000439. The van der Waals surface area contributed by atoms with Gasteiger partial charge in [-0.25, -0.2) is 0 Å². The van der Waals surface area contributed by atoms with E-state index in [-0.39, 0.29) is 18.1 Å². The molecule has 166 valence electrons. The lowest BCUT2D eigenvalue weighted by Gasteiger charge is -2.18. The number of ketones is 1. The maximum atomic E-state index is 12.4. The normalized spacial score (nSPS) is 10.8. The molecule has 6 heteroatoms. The van der Waals surface area contributed by atoms with Gasteiger partial charge in [-0.05, 0) is 43.7 Å². The third-order valence-electron chi connectivity index (χ3n) is 4.49. The fraction of sp³-hybridized carbons (Fsp3) is 0.192. The van der Waals surface area contributed by atoms with E-state index in [9.17, 15) is 19.5 Å². The van der Waals surface area contributed by atoms with Gasteiger partial charge in [0.05, 0.1) is 6.54 Å². The molecule has 0 bridgehead atoms. The first kappa shape index (κ1) is 24.3. The monoisotopic (exact) mass is 432 g/mol. The lowest BCUT2D eigenvalue weighted by Crippen LogP contribution is -2.48. The second kappa shape index (κ2) is 12.7. The highest BCUT2D eigenvalue weighted by Crippen LogP contribution is 2.10. The minimum Gasteiger partial charge on any atom is -0.508 e. The number of phenols is 1. The van der Waals surface area contributed by atoms with Crippen LogP contribution >= 0.6 is 0 Å². The topological polar surface area (TPSA) is 95.5 Å². The number of hydrogen-bond acceptors (Lipinski definition) is 4. The summed E-state index contributed by atoms with van der Waals surface area (Å²) in [6.07, 6.45) is 0.300. The zero-order valence-corrected chi connectivity index (χ0v) is 18.2. The van der Waals surface area contributed by atoms with Gasteiger partial charge in [-0.2, -0.15) is 0 Å². The predicted molar refractivity (Wildman–Crippen MR) is 124 cm³/mol. The summed E-state index contributed by atoms with van der Waals surface area (Å²) in [6, 6.07) is 24.5. The van der Waals surface area contributed by atoms with E-state index >= 15 is 0 Å². The molecule has 0 spiro atoms. The van der Waals surface area contributed by atoms with Gasteiger partial charge in [-0.15, -0.1) is 0 Å². The molecule has 0 aliphatic heterocycles. The molecule has 1 atom stereocenters. The van der Waals surface area contributed by atoms with E-state index in [0.29, 0.717) is 12.0 Å². The van der Waals surface area contributed by atoms with Crippen LogP contribution in [0.4, 0.5) is 0 Å². The molecule has 3 aromatic carbocycles. The van der Waals surface area contributed by atoms with Crippen molar-refractivity contribution in [3.8, 4) is 5.75 Å². The number of phenolic OH excluding ortho intramolecular Hbond substituents is 1. The van der Waals surface area contributed by atoms with Crippen molar-refractivity contribution >= 4 is 17.6 Å². The van der Waals surface area contributed by atoms with Crippen LogP contribution in [0.3, 0.4) is 0 Å². The summed E-state index contributed by atoms with van der Waals surface area (Å²) in [5.41, 5.74) is 2.54. The van der Waals surface area contributed by atoms with Crippen molar-refractivity contribution in [1.82, 2.24) is 10.6 Å². The molecular formula is C26H28N2O4. The maximum absolute atomic E-state index is 12.4. The van der Waals surface area contributed by atoms with Crippen LogP contribution in [0, 0.1) is 6.92 Å². The maximum Gasteiger partial charge on any atom is 0.251 e. The van der Waals surface area contributed by atoms with Crippen molar-refractivity contribution in [1.29, 1.82) is 0 Å². The smallest absolute Gasteiger partial charge is 0.251 e. The Bertz CT molecular complexity index is 1000. The number of benzene rings is 3. The van der Waals surface area contributed by atoms with E-state index < -0.39 is 17.9 Å². The van der Waals surface area contributed by atoms with Gasteiger partial charge in [0.25, 0.3) is 5.91 Å². The lowest BCUT2D eigenvalue weighted by atomic mass is 10.0. The molecule has 0 aliphatic carbocycles. The predicted octanol–water partition coefficient (Wildman–Crippen LogP) is 3.43. The van der Waals surface area contributed by atoms with Crippen LogP contribution in [0.25, 0.3) is 0 Å². The summed E-state index contributed by atoms with van der Waals surface area (Å²) < 4.78 is 0. The first-order chi connectivity index (χ1) is 15.3. The quantitative estimate of drug-likeness (QED) is 0.533. The second-order valence-corrected chi connectivity index (χ2v) is 7.34. The summed E-state index contributed by atoms with van der Waals surface area (Å²) in [5, 5.41) is 14.5. The van der Waals surface area contributed by atoms with Gasteiger partial charge in [0.1, 0.15) is 17.6 Å². The second-order valence-electron chi connectivity index (χ2n) is 7.34. The number of rotatable bonds is 7. The van der Waals surface area contributed by atoms with E-state index in [1.54, 1.807) is 0 Å². The molecule has 0 fully saturated rings. The minimum atomic E-state index is -0.817. The van der Waals surface area contributed by atoms with E-state index in [0.717, 1.165) is 5.56 Å². The van der Waals surface area contributed by atoms with Crippen LogP contribution in [-0.2, 0) is 16.0 Å². The molecular weight excluding hydrogens is 404 g/mol. The number of aryl methyl sites for hydroxylation is 1. The van der Waals surface area contributed by atoms with Crippen molar-refractivity contribution < 1.29 is 19.5 Å². The highest BCUT2D eigenvalue weighted by Gasteiger charge is 2.22. The Morgan fingerprint density at radius 3 is 1.91 bits per heavy atom. The number of nitrogens with one attached hydrogen (secondary N) is 2. The van der Waals surface area contributed by atoms with Gasteiger partial charge in [-0.1, -0.05) is 66.2 Å². The van der Waals surface area contributed by atoms with Crippen LogP contribution in [0.1, 0.15) is 28.4 Å². The Kier molecular flexibility index (Phi) is 9.66. The number of amides is 2. The standard InChI is InChI=1S/C19H20N2O4.C7H8/c1-13(22)12-20-19(25)17(11-14-5-3-2-4-6-14)21-18(24)15-7-9-16(23)10-8-15;1-7-5-3-2-4-6-7/h2-10,17,23H,11-12H2,1H3,(H,20,25)(H,21,24);2-6H,1H3. The van der Waals surface area contributed by atoms with Crippen molar-refractivity contribution in [2.45, 2.75) is 26.3 Å². The fourth-order valence-electron chi connectivity index (χ4n) is 2.78. The molecule has 1 unspecified atom stereocenters. The number of aromatic hydroxyl groups is 1. The zero-order chi connectivity index (χ0) is 23.3. The molecule has 32 heavy (non-hydrogen) atoms. The molecule has 3 aromatic rings. The number of carbonyl (C=O) groups excluding carboxylic acids is 3. The molecule has 0 radical (unpaired) electrons. The summed E-state index contributed by atoms with van der Waals surface area (Å²) in [7, 11) is 0. The Labute approximate surface area is 188 Å². The van der Waals surface area contributed by atoms with Crippen molar-refractivity contribution in [3.05, 3.63) is 102 Å². The molecule has 3 rings (SSSR count). The minimum absolute atomic E-state index is 0.0524. The average molecular weight is 433 g/mol. The summed E-state index contributed by atoms with van der Waals surface area (Å²) >= 11 is 0. The zero-order valence-electron chi connectivity index (χ0n) is 18.2. The highest BCUT2D eigenvalue weighted by molar-refractivity contribution is 5.98. The molecule has 2 amide bonds. The van der Waals surface area contributed by atoms with Crippen molar-refractivity contribution in [2.24, 2.45) is 0 Å². The lowest BCUT2D eigenvalue weighted by molar-refractivity contribution is -0.125. The van der Waals surface area contributed by atoms with Gasteiger partial charge in [0, 0.05) is 12.0 Å². The molecule has 0 aliphatic rings. The fourth-order valence-corrected chi connectivity index (χ4v) is 2.78. The Morgan fingerprint density at radius 1 is 0.844 bits per heavy atom. The van der Waals surface area contributed by atoms with Gasteiger partial charge in [0.2, 0.25) is 5.91 Å². The first-order valence-electron chi connectivity index (χ1n) is 10.3. The van der Waals surface area contributed by atoms with E-state index in [1.165, 1.54) is 36.8 Å². The molecule has 0 saturated heterocycles. The summed E-state index contributed by atoms with van der Waals surface area (Å²) in [5.74, 6) is -0.974. The SMILES string of the molecule is CC(=O)CNC(=O)C(Cc1ccccc1)NC(=O)c1ccc(O)cc1.Cc1ccccc1. The molecule has 0 aromatic heterocycles. The van der Waals surface area contributed by atoms with Crippen LogP contribution < -0.4 is 10.6 Å². The van der Waals surface area contributed by atoms with Crippen LogP contribution in [0.5, 0.6) is 5.75 Å². The molecule has 0 heterocycles. The number of carbonyl (C=O) groups is 3. The third-order valence-corrected chi connectivity index (χ3v) is 4.49. The molecule has 0 saturated carbocycles. The van der Waals surface area contributed by atoms with E-state index in [2.05, 4.69) is 29.7 Å². The van der Waals surface area contributed by atoms with E-state index in [4.69, 9.17) is 0 Å². The first-order valence-corrected chi connectivity index (χ1v) is 10.3. The molecule has 6 nitrogen and oxygen atoms in total. The summed E-state index contributed by atoms with van der Waals surface area (Å²) in [4.78, 5) is 35.8. The van der Waals surface area contributed by atoms with Crippen LogP contribution in [0.15, 0.2) is 84.9 Å². The molecule has 3 N–H and O–H groups in total. The Morgan fingerprint density at radius 2 is 1.41 bits per heavy atom. The van der Waals surface area contributed by atoms with Crippen molar-refractivity contribution in [3.63, 3.8) is 0 Å². The van der Waals surface area contributed by atoms with E-state index in [1.807, 2.05) is 48.5 Å². The highest BCUT2D eigenvalue weighted by atomic mass is 16.3. The van der Waals surface area contributed by atoms with Gasteiger partial charge >= 0.3 is 0 Å². The largest absolute Gasteiger partial charge is 0.508 e. The summed E-state index contributed by atoms with van der Waals surface area (Å²) in [6.45, 7) is 3.38. The van der Waals surface area contributed by atoms with Crippen LogP contribution in [-0.4, -0.2) is 35.3 Å². The third kappa shape index (κ3) is 8.83. The Hall–Kier alpha value is -3.93. The van der Waals surface area contributed by atoms with Gasteiger partial charge < -0.3 is 15.7 Å². The van der Waals surface area contributed by atoms with Gasteiger partial charge in [0.15, 0.2) is 0 Å². The van der Waals surface area contributed by atoms with Crippen molar-refractivity contribution in [2.75, 3.05) is 6.54 Å². The number of Topliss-reactive ketones (excluding diaryl/α,β-unsaturated/α-hetero) is 1. The van der Waals surface area contributed by atoms with Crippen LogP contribution in [0.2, 0.25) is 0 Å². The van der Waals surface area contributed by atoms with Gasteiger partial charge in [-0.3, -0.25) is 14.4 Å². The average Bonchev–Trinajstić information content (AvgIpc) is 2.79.